The average molecular weight is 238 g/mol. The fourth-order valence-corrected chi connectivity index (χ4v) is 1.67. The summed E-state index contributed by atoms with van der Waals surface area (Å²) >= 11 is 0. The van der Waals surface area contributed by atoms with E-state index in [1.165, 1.54) is 25.0 Å². The number of rotatable bonds is 6. The predicted octanol–water partition coefficient (Wildman–Crippen LogP) is 2.84. The van der Waals surface area contributed by atoms with E-state index in [0.717, 1.165) is 12.3 Å². The number of benzene rings is 1. The first-order valence-electron chi connectivity index (χ1n) is 5.76. The van der Waals surface area contributed by atoms with Crippen molar-refractivity contribution in [2.75, 3.05) is 6.61 Å². The smallest absolute Gasteiger partial charge is 0.338 e. The Kier molecular flexibility index (Phi) is 3.74. The first kappa shape index (κ1) is 12.0. The van der Waals surface area contributed by atoms with E-state index in [-0.39, 0.29) is 5.56 Å². The first-order chi connectivity index (χ1) is 8.16. The molecule has 1 aliphatic rings. The van der Waals surface area contributed by atoms with E-state index >= 15 is 0 Å². The van der Waals surface area contributed by atoms with Crippen molar-refractivity contribution >= 4 is 5.97 Å². The summed E-state index contributed by atoms with van der Waals surface area (Å²) in [6.07, 6.45) is 3.66. The monoisotopic (exact) mass is 238 g/mol. The third-order valence-electron chi connectivity index (χ3n) is 2.90. The largest absolute Gasteiger partial charge is 0.478 e. The van der Waals surface area contributed by atoms with Crippen molar-refractivity contribution < 1.29 is 19.0 Å². The summed E-state index contributed by atoms with van der Waals surface area (Å²) in [5, 5.41) is 8.67. The summed E-state index contributed by atoms with van der Waals surface area (Å²) in [6, 6.07) is 4.08. The third-order valence-corrected chi connectivity index (χ3v) is 2.90. The van der Waals surface area contributed by atoms with Crippen molar-refractivity contribution in [2.24, 2.45) is 5.92 Å². The highest BCUT2D eigenvalue weighted by molar-refractivity contribution is 5.87. The van der Waals surface area contributed by atoms with Gasteiger partial charge < -0.3 is 9.84 Å². The Morgan fingerprint density at radius 1 is 1.47 bits per heavy atom. The van der Waals surface area contributed by atoms with Gasteiger partial charge in [0.25, 0.3) is 0 Å². The van der Waals surface area contributed by atoms with Crippen LogP contribution in [0.4, 0.5) is 4.39 Å². The molecule has 1 aliphatic carbocycles. The van der Waals surface area contributed by atoms with Gasteiger partial charge in [0, 0.05) is 6.61 Å². The average Bonchev–Trinajstić information content (AvgIpc) is 3.08. The topological polar surface area (TPSA) is 46.5 Å². The van der Waals surface area contributed by atoms with Gasteiger partial charge in [0.1, 0.15) is 5.82 Å². The number of ether oxygens (including phenoxy) is 1. The summed E-state index contributed by atoms with van der Waals surface area (Å²) in [7, 11) is 0. The molecule has 17 heavy (non-hydrogen) atoms. The molecular formula is C13H15FO3. The van der Waals surface area contributed by atoms with Crippen LogP contribution in [0.15, 0.2) is 18.2 Å². The van der Waals surface area contributed by atoms with E-state index in [0.29, 0.717) is 18.8 Å². The van der Waals surface area contributed by atoms with Gasteiger partial charge in [0.15, 0.2) is 0 Å². The SMILES string of the molecule is O=C(O)c1ccc(COCCC2CC2)cc1F. The zero-order valence-electron chi connectivity index (χ0n) is 9.49. The molecule has 1 aromatic rings. The summed E-state index contributed by atoms with van der Waals surface area (Å²) in [5.74, 6) is -1.13. The van der Waals surface area contributed by atoms with Crippen molar-refractivity contribution in [3.63, 3.8) is 0 Å². The lowest BCUT2D eigenvalue weighted by atomic mass is 10.1. The minimum Gasteiger partial charge on any atom is -0.478 e. The minimum atomic E-state index is -1.25. The Morgan fingerprint density at radius 3 is 2.82 bits per heavy atom. The number of hydrogen-bond acceptors (Lipinski definition) is 2. The van der Waals surface area contributed by atoms with Crippen LogP contribution in [0.25, 0.3) is 0 Å². The highest BCUT2D eigenvalue weighted by Gasteiger charge is 2.20. The van der Waals surface area contributed by atoms with Crippen LogP contribution in [0.5, 0.6) is 0 Å². The molecule has 0 bridgehead atoms. The van der Waals surface area contributed by atoms with E-state index in [1.54, 1.807) is 6.07 Å². The maximum atomic E-state index is 13.3. The van der Waals surface area contributed by atoms with Crippen molar-refractivity contribution in [1.29, 1.82) is 0 Å². The lowest BCUT2D eigenvalue weighted by Crippen LogP contribution is -2.02. The third kappa shape index (κ3) is 3.53. The second-order valence-corrected chi connectivity index (χ2v) is 4.40. The normalized spacial score (nSPS) is 14.9. The van der Waals surface area contributed by atoms with Gasteiger partial charge in [-0.3, -0.25) is 0 Å². The fraction of sp³-hybridized carbons (Fsp3) is 0.462. The molecule has 2 rings (SSSR count). The second kappa shape index (κ2) is 5.27. The number of aromatic carboxylic acids is 1. The number of carboxylic acid groups (broad SMARTS) is 1. The van der Waals surface area contributed by atoms with Crippen LogP contribution in [0.3, 0.4) is 0 Å². The van der Waals surface area contributed by atoms with Gasteiger partial charge >= 0.3 is 5.97 Å². The first-order valence-corrected chi connectivity index (χ1v) is 5.76. The molecule has 0 aliphatic heterocycles. The van der Waals surface area contributed by atoms with E-state index in [1.807, 2.05) is 0 Å². The van der Waals surface area contributed by atoms with E-state index in [2.05, 4.69) is 0 Å². The van der Waals surface area contributed by atoms with Crippen LogP contribution in [-0.2, 0) is 11.3 Å². The molecule has 0 heterocycles. The van der Waals surface area contributed by atoms with Crippen LogP contribution in [0.2, 0.25) is 0 Å². The molecule has 0 unspecified atom stereocenters. The van der Waals surface area contributed by atoms with Crippen LogP contribution < -0.4 is 0 Å². The van der Waals surface area contributed by atoms with Gasteiger partial charge in [-0.05, 0) is 30.0 Å². The zero-order valence-corrected chi connectivity index (χ0v) is 9.49. The van der Waals surface area contributed by atoms with Crippen molar-refractivity contribution in [3.05, 3.63) is 35.1 Å². The molecule has 0 amide bonds. The molecule has 0 saturated heterocycles. The lowest BCUT2D eigenvalue weighted by Gasteiger charge is -2.05. The highest BCUT2D eigenvalue weighted by atomic mass is 19.1. The molecule has 0 atom stereocenters. The molecule has 0 spiro atoms. The highest BCUT2D eigenvalue weighted by Crippen LogP contribution is 2.32. The predicted molar refractivity (Wildman–Crippen MR) is 60.4 cm³/mol. The zero-order chi connectivity index (χ0) is 12.3. The molecule has 4 heteroatoms. The van der Waals surface area contributed by atoms with Crippen LogP contribution in [0, 0.1) is 11.7 Å². The van der Waals surface area contributed by atoms with Crippen molar-refractivity contribution in [2.45, 2.75) is 25.9 Å². The second-order valence-electron chi connectivity index (χ2n) is 4.40. The number of carboxylic acids is 1. The summed E-state index contributed by atoms with van der Waals surface area (Å²) in [5.41, 5.74) is 0.370. The fourth-order valence-electron chi connectivity index (χ4n) is 1.67. The maximum Gasteiger partial charge on any atom is 0.338 e. The van der Waals surface area contributed by atoms with E-state index in [4.69, 9.17) is 9.84 Å². The molecule has 3 nitrogen and oxygen atoms in total. The summed E-state index contributed by atoms with van der Waals surface area (Å²) in [6.45, 7) is 1.02. The van der Waals surface area contributed by atoms with Crippen molar-refractivity contribution in [1.82, 2.24) is 0 Å². The van der Waals surface area contributed by atoms with Gasteiger partial charge in [0.2, 0.25) is 0 Å². The van der Waals surface area contributed by atoms with Gasteiger partial charge in [-0.15, -0.1) is 0 Å². The van der Waals surface area contributed by atoms with Gasteiger partial charge in [0.05, 0.1) is 12.2 Å². The Morgan fingerprint density at radius 2 is 2.24 bits per heavy atom. The number of halogens is 1. The van der Waals surface area contributed by atoms with Crippen molar-refractivity contribution in [3.8, 4) is 0 Å². The molecule has 1 N–H and O–H groups in total. The lowest BCUT2D eigenvalue weighted by molar-refractivity contribution is 0.0691. The van der Waals surface area contributed by atoms with Crippen LogP contribution >= 0.6 is 0 Å². The minimum absolute atomic E-state index is 0.299. The van der Waals surface area contributed by atoms with Gasteiger partial charge in [-0.25, -0.2) is 9.18 Å². The Hall–Kier alpha value is -1.42. The molecule has 0 radical (unpaired) electrons. The Bertz CT molecular complexity index is 413. The molecule has 1 aromatic carbocycles. The number of hydrogen-bond donors (Lipinski definition) is 1. The maximum absolute atomic E-state index is 13.3. The quantitative estimate of drug-likeness (QED) is 0.775. The summed E-state index contributed by atoms with van der Waals surface area (Å²) in [4.78, 5) is 10.6. The standard InChI is InChI=1S/C13H15FO3/c14-12-7-10(3-4-11(12)13(15)16)8-17-6-5-9-1-2-9/h3-4,7,9H,1-2,5-6,8H2,(H,15,16). The van der Waals surface area contributed by atoms with Crippen LogP contribution in [-0.4, -0.2) is 17.7 Å². The van der Waals surface area contributed by atoms with Crippen LogP contribution in [0.1, 0.15) is 35.2 Å². The summed E-state index contributed by atoms with van der Waals surface area (Å²) < 4.78 is 18.7. The molecule has 0 aromatic heterocycles. The van der Waals surface area contributed by atoms with Gasteiger partial charge in [-0.1, -0.05) is 18.9 Å². The molecule has 92 valence electrons. The Labute approximate surface area is 99.2 Å². The molecule has 1 saturated carbocycles. The Balaban J connectivity index is 1.83. The van der Waals surface area contributed by atoms with E-state index in [9.17, 15) is 9.18 Å². The van der Waals surface area contributed by atoms with E-state index < -0.39 is 11.8 Å². The van der Waals surface area contributed by atoms with Gasteiger partial charge in [-0.2, -0.15) is 0 Å². The molecular weight excluding hydrogens is 223 g/mol. The molecule has 1 fully saturated rings. The number of carbonyl (C=O) groups is 1.